The van der Waals surface area contributed by atoms with Gasteiger partial charge >= 0.3 is 5.97 Å². The second-order valence-corrected chi connectivity index (χ2v) is 8.30. The van der Waals surface area contributed by atoms with E-state index in [0.29, 0.717) is 5.75 Å². The SMILES string of the molecule is Cc1ccc(OC(=O)c2cccc(S(=O)(=O)N(C)C(C)C)c2)c(C)c1. The molecule has 6 heteroatoms. The highest BCUT2D eigenvalue weighted by atomic mass is 32.2. The van der Waals surface area contributed by atoms with E-state index in [2.05, 4.69) is 0 Å². The maximum absolute atomic E-state index is 12.6. The Morgan fingerprint density at radius 1 is 1.08 bits per heavy atom. The quantitative estimate of drug-likeness (QED) is 0.603. The molecule has 0 unspecified atom stereocenters. The fraction of sp³-hybridized carbons (Fsp3) is 0.316. The van der Waals surface area contributed by atoms with Gasteiger partial charge in [0.1, 0.15) is 5.75 Å². The molecule has 0 aromatic heterocycles. The average Bonchev–Trinajstić information content (AvgIpc) is 2.56. The average molecular weight is 361 g/mol. The maximum atomic E-state index is 12.6. The van der Waals surface area contributed by atoms with Crippen LogP contribution in [-0.4, -0.2) is 31.8 Å². The molecule has 0 N–H and O–H groups in total. The standard InChI is InChI=1S/C19H23NO4S/c1-13(2)20(5)25(22,23)17-8-6-7-16(12-17)19(21)24-18-10-9-14(3)11-15(18)4/h6-13H,1-5H3. The number of esters is 1. The van der Waals surface area contributed by atoms with Gasteiger partial charge in [0, 0.05) is 13.1 Å². The first kappa shape index (κ1) is 19.1. The van der Waals surface area contributed by atoms with Gasteiger partial charge in [0.2, 0.25) is 10.0 Å². The Labute approximate surface area is 149 Å². The van der Waals surface area contributed by atoms with Crippen molar-refractivity contribution < 1.29 is 17.9 Å². The van der Waals surface area contributed by atoms with Gasteiger partial charge in [-0.1, -0.05) is 23.8 Å². The largest absolute Gasteiger partial charge is 0.423 e. The van der Waals surface area contributed by atoms with Crippen molar-refractivity contribution in [2.45, 2.75) is 38.6 Å². The van der Waals surface area contributed by atoms with Crippen LogP contribution in [0.5, 0.6) is 5.75 Å². The van der Waals surface area contributed by atoms with Crippen molar-refractivity contribution in [2.75, 3.05) is 7.05 Å². The molecular weight excluding hydrogens is 338 g/mol. The van der Waals surface area contributed by atoms with E-state index in [1.165, 1.54) is 23.5 Å². The zero-order chi connectivity index (χ0) is 18.8. The van der Waals surface area contributed by atoms with Gasteiger partial charge in [0.15, 0.2) is 0 Å². The number of hydrogen-bond donors (Lipinski definition) is 0. The fourth-order valence-electron chi connectivity index (χ4n) is 2.30. The molecule has 2 aromatic carbocycles. The van der Waals surface area contributed by atoms with Gasteiger partial charge < -0.3 is 4.74 Å². The first-order valence-electron chi connectivity index (χ1n) is 8.00. The summed E-state index contributed by atoms with van der Waals surface area (Å²) in [6.07, 6.45) is 0. The van der Waals surface area contributed by atoms with Gasteiger partial charge in [0.25, 0.3) is 0 Å². The third-order valence-electron chi connectivity index (χ3n) is 4.01. The molecule has 0 heterocycles. The van der Waals surface area contributed by atoms with Crippen molar-refractivity contribution in [2.24, 2.45) is 0 Å². The summed E-state index contributed by atoms with van der Waals surface area (Å²) in [6.45, 7) is 7.39. The summed E-state index contributed by atoms with van der Waals surface area (Å²) in [5.74, 6) is -0.126. The van der Waals surface area contributed by atoms with Crippen molar-refractivity contribution in [3.63, 3.8) is 0 Å². The van der Waals surface area contributed by atoms with E-state index in [1.807, 2.05) is 26.0 Å². The molecule has 0 amide bonds. The number of aryl methyl sites for hydroxylation is 2. The Morgan fingerprint density at radius 2 is 1.76 bits per heavy atom. The lowest BCUT2D eigenvalue weighted by Crippen LogP contribution is -2.33. The molecule has 0 fully saturated rings. The Balaban J connectivity index is 2.30. The second kappa shape index (κ2) is 7.37. The topological polar surface area (TPSA) is 63.7 Å². The Bertz CT molecular complexity index is 888. The number of carbonyl (C=O) groups is 1. The number of rotatable bonds is 5. The molecule has 5 nitrogen and oxygen atoms in total. The molecule has 0 radical (unpaired) electrons. The van der Waals surface area contributed by atoms with Crippen LogP contribution in [0.15, 0.2) is 47.4 Å². The normalized spacial score (nSPS) is 11.8. The first-order chi connectivity index (χ1) is 11.6. The second-order valence-electron chi connectivity index (χ2n) is 6.30. The minimum atomic E-state index is -3.66. The lowest BCUT2D eigenvalue weighted by Gasteiger charge is -2.21. The van der Waals surface area contributed by atoms with Crippen LogP contribution in [0.2, 0.25) is 0 Å². The number of carbonyl (C=O) groups excluding carboxylic acids is 1. The number of hydrogen-bond acceptors (Lipinski definition) is 4. The van der Waals surface area contributed by atoms with Gasteiger partial charge in [-0.3, -0.25) is 0 Å². The maximum Gasteiger partial charge on any atom is 0.343 e. The molecule has 0 saturated heterocycles. The predicted octanol–water partition coefficient (Wildman–Crippen LogP) is 3.55. The third kappa shape index (κ3) is 4.27. The summed E-state index contributed by atoms with van der Waals surface area (Å²) in [5, 5.41) is 0. The Morgan fingerprint density at radius 3 is 2.36 bits per heavy atom. The Kier molecular flexibility index (Phi) is 5.65. The van der Waals surface area contributed by atoms with Gasteiger partial charge in [-0.25, -0.2) is 13.2 Å². The minimum Gasteiger partial charge on any atom is -0.423 e. The summed E-state index contributed by atoms with van der Waals surface area (Å²) in [6, 6.07) is 11.2. The summed E-state index contributed by atoms with van der Waals surface area (Å²) in [5.41, 5.74) is 2.11. The van der Waals surface area contributed by atoms with Crippen LogP contribution in [0.1, 0.15) is 35.3 Å². The van der Waals surface area contributed by atoms with E-state index in [9.17, 15) is 13.2 Å². The van der Waals surface area contributed by atoms with Crippen molar-refractivity contribution in [3.8, 4) is 5.75 Å². The highest BCUT2D eigenvalue weighted by Crippen LogP contribution is 2.22. The molecule has 2 aromatic rings. The number of sulfonamides is 1. The minimum absolute atomic E-state index is 0.0683. The molecule has 0 atom stereocenters. The van der Waals surface area contributed by atoms with Gasteiger partial charge in [0.05, 0.1) is 10.5 Å². The van der Waals surface area contributed by atoms with Gasteiger partial charge in [-0.05, 0) is 57.5 Å². The summed E-state index contributed by atoms with van der Waals surface area (Å²) < 4.78 is 31.8. The first-order valence-corrected chi connectivity index (χ1v) is 9.44. The van der Waals surface area contributed by atoms with Crippen LogP contribution in [0.4, 0.5) is 0 Å². The van der Waals surface area contributed by atoms with E-state index >= 15 is 0 Å². The van der Waals surface area contributed by atoms with Crippen LogP contribution in [-0.2, 0) is 10.0 Å². The molecule has 0 aliphatic carbocycles. The number of ether oxygens (including phenoxy) is 1. The van der Waals surface area contributed by atoms with E-state index < -0.39 is 16.0 Å². The smallest absolute Gasteiger partial charge is 0.343 e. The van der Waals surface area contributed by atoms with Crippen LogP contribution in [0.3, 0.4) is 0 Å². The Hall–Kier alpha value is -2.18. The lowest BCUT2D eigenvalue weighted by molar-refractivity contribution is 0.0733. The van der Waals surface area contributed by atoms with Gasteiger partial charge in [-0.2, -0.15) is 4.31 Å². The van der Waals surface area contributed by atoms with Gasteiger partial charge in [-0.15, -0.1) is 0 Å². The summed E-state index contributed by atoms with van der Waals surface area (Å²) >= 11 is 0. The lowest BCUT2D eigenvalue weighted by atomic mass is 10.1. The molecule has 0 bridgehead atoms. The van der Waals surface area contributed by atoms with E-state index in [1.54, 1.807) is 32.0 Å². The fourth-order valence-corrected chi connectivity index (χ4v) is 3.71. The number of nitrogens with zero attached hydrogens (tertiary/aromatic N) is 1. The van der Waals surface area contributed by atoms with Crippen molar-refractivity contribution in [1.82, 2.24) is 4.31 Å². The van der Waals surface area contributed by atoms with Crippen molar-refractivity contribution in [1.29, 1.82) is 0 Å². The zero-order valence-corrected chi connectivity index (χ0v) is 15.9. The monoisotopic (exact) mass is 361 g/mol. The summed E-state index contributed by atoms with van der Waals surface area (Å²) in [7, 11) is -2.14. The highest BCUT2D eigenvalue weighted by molar-refractivity contribution is 7.89. The van der Waals surface area contributed by atoms with Crippen LogP contribution < -0.4 is 4.74 Å². The van der Waals surface area contributed by atoms with Crippen molar-refractivity contribution in [3.05, 3.63) is 59.2 Å². The molecule has 0 aliphatic rings. The predicted molar refractivity (Wildman–Crippen MR) is 97.4 cm³/mol. The van der Waals surface area contributed by atoms with Crippen LogP contribution >= 0.6 is 0 Å². The summed E-state index contributed by atoms with van der Waals surface area (Å²) in [4.78, 5) is 12.5. The molecule has 0 spiro atoms. The van der Waals surface area contributed by atoms with Crippen LogP contribution in [0.25, 0.3) is 0 Å². The molecule has 0 aliphatic heterocycles. The van der Waals surface area contributed by atoms with Crippen molar-refractivity contribution >= 4 is 16.0 Å². The molecule has 134 valence electrons. The highest BCUT2D eigenvalue weighted by Gasteiger charge is 2.24. The number of benzene rings is 2. The van der Waals surface area contributed by atoms with E-state index in [0.717, 1.165) is 11.1 Å². The molecular formula is C19H23NO4S. The molecule has 0 saturated carbocycles. The van der Waals surface area contributed by atoms with E-state index in [4.69, 9.17) is 4.74 Å². The third-order valence-corrected chi connectivity index (χ3v) is 6.04. The van der Waals surface area contributed by atoms with E-state index in [-0.39, 0.29) is 16.5 Å². The van der Waals surface area contributed by atoms with Crippen LogP contribution in [0, 0.1) is 13.8 Å². The molecule has 2 rings (SSSR count). The molecule has 25 heavy (non-hydrogen) atoms. The zero-order valence-electron chi connectivity index (χ0n) is 15.1.